The second kappa shape index (κ2) is 2.82. The Bertz CT molecular complexity index is 274. The molecule has 0 unspecified atom stereocenters. The van der Waals surface area contributed by atoms with Crippen molar-refractivity contribution in [1.82, 2.24) is 4.98 Å². The fraction of sp³-hybridized carbons (Fsp3) is 0.667. The van der Waals surface area contributed by atoms with Crippen molar-refractivity contribution >= 4 is 11.3 Å². The smallest absolute Gasteiger partial charge is 0.0798 e. The van der Waals surface area contributed by atoms with Gasteiger partial charge in [0.25, 0.3) is 0 Å². The molecule has 2 rings (SSSR count). The van der Waals surface area contributed by atoms with Crippen LogP contribution in [-0.4, -0.2) is 4.98 Å². The summed E-state index contributed by atoms with van der Waals surface area (Å²) in [6.45, 7) is 2.05. The molecule has 0 amide bonds. The minimum absolute atomic E-state index is 0.0365. The van der Waals surface area contributed by atoms with Crippen molar-refractivity contribution in [3.8, 4) is 0 Å². The number of nitrogens with zero attached hydrogens (tertiary/aromatic N) is 1. The first-order valence-corrected chi connectivity index (χ1v) is 5.30. The largest absolute Gasteiger partial charge is 0.321 e. The first kappa shape index (κ1) is 8.20. The van der Waals surface area contributed by atoms with Crippen molar-refractivity contribution in [2.45, 2.75) is 38.1 Å². The number of hydrogen-bond donors (Lipinski definition) is 1. The molecule has 1 aromatic rings. The average Bonchev–Trinajstić information content (AvgIpc) is 2.59. The molecular weight excluding hydrogens is 168 g/mol. The van der Waals surface area contributed by atoms with Gasteiger partial charge in [0, 0.05) is 4.88 Å². The van der Waals surface area contributed by atoms with E-state index in [4.69, 9.17) is 5.73 Å². The Morgan fingerprint density at radius 1 is 1.50 bits per heavy atom. The Hall–Kier alpha value is -0.410. The third kappa shape index (κ3) is 1.17. The van der Waals surface area contributed by atoms with Gasteiger partial charge in [0.05, 0.1) is 16.7 Å². The number of nitrogens with two attached hydrogens (primary N) is 1. The molecule has 1 aromatic heterocycles. The summed E-state index contributed by atoms with van der Waals surface area (Å²) < 4.78 is 0. The van der Waals surface area contributed by atoms with Gasteiger partial charge in [0.1, 0.15) is 0 Å². The summed E-state index contributed by atoms with van der Waals surface area (Å²) in [7, 11) is 0. The molecular formula is C9H14N2S. The molecule has 0 saturated heterocycles. The van der Waals surface area contributed by atoms with Gasteiger partial charge in [-0.3, -0.25) is 0 Å². The van der Waals surface area contributed by atoms with Crippen LogP contribution in [0.1, 0.15) is 36.3 Å². The molecule has 1 fully saturated rings. The van der Waals surface area contributed by atoms with Crippen LogP contribution in [0.5, 0.6) is 0 Å². The second-order valence-electron chi connectivity index (χ2n) is 3.63. The molecule has 1 heterocycles. The molecule has 66 valence electrons. The lowest BCUT2D eigenvalue weighted by molar-refractivity contribution is 0.468. The number of hydrogen-bond acceptors (Lipinski definition) is 3. The van der Waals surface area contributed by atoms with Crippen LogP contribution in [0.2, 0.25) is 0 Å². The Morgan fingerprint density at radius 2 is 2.17 bits per heavy atom. The molecule has 1 aliphatic rings. The minimum atomic E-state index is -0.0365. The fourth-order valence-electron chi connectivity index (χ4n) is 2.01. The highest BCUT2D eigenvalue weighted by molar-refractivity contribution is 7.09. The van der Waals surface area contributed by atoms with Crippen LogP contribution < -0.4 is 5.73 Å². The van der Waals surface area contributed by atoms with Crippen molar-refractivity contribution in [3.63, 3.8) is 0 Å². The number of rotatable bonds is 1. The van der Waals surface area contributed by atoms with Crippen molar-refractivity contribution in [2.75, 3.05) is 0 Å². The lowest BCUT2D eigenvalue weighted by Gasteiger charge is -2.22. The monoisotopic (exact) mass is 182 g/mol. The van der Waals surface area contributed by atoms with Gasteiger partial charge < -0.3 is 5.73 Å². The maximum Gasteiger partial charge on any atom is 0.0798 e. The molecule has 0 spiro atoms. The molecule has 0 aromatic carbocycles. The van der Waals surface area contributed by atoms with E-state index in [9.17, 15) is 0 Å². The van der Waals surface area contributed by atoms with E-state index in [-0.39, 0.29) is 5.54 Å². The lowest BCUT2D eigenvalue weighted by atomic mass is 9.96. The molecule has 0 aliphatic heterocycles. The summed E-state index contributed by atoms with van der Waals surface area (Å²) in [4.78, 5) is 5.55. The highest BCUT2D eigenvalue weighted by Crippen LogP contribution is 2.39. The van der Waals surface area contributed by atoms with Crippen LogP contribution in [0.25, 0.3) is 0 Å². The summed E-state index contributed by atoms with van der Waals surface area (Å²) >= 11 is 1.71. The molecule has 1 saturated carbocycles. The molecule has 12 heavy (non-hydrogen) atoms. The predicted molar refractivity (Wildman–Crippen MR) is 51.2 cm³/mol. The Kier molecular flexibility index (Phi) is 1.93. The van der Waals surface area contributed by atoms with E-state index in [0.717, 1.165) is 18.5 Å². The van der Waals surface area contributed by atoms with E-state index < -0.39 is 0 Å². The average molecular weight is 182 g/mol. The quantitative estimate of drug-likeness (QED) is 0.723. The zero-order valence-corrected chi connectivity index (χ0v) is 8.16. The molecule has 2 nitrogen and oxygen atoms in total. The van der Waals surface area contributed by atoms with E-state index in [1.54, 1.807) is 11.3 Å². The molecule has 2 N–H and O–H groups in total. The predicted octanol–water partition coefficient (Wildman–Crippen LogP) is 2.18. The normalized spacial score (nSPS) is 21.5. The number of aryl methyl sites for hydroxylation is 1. The number of aromatic nitrogens is 1. The zero-order valence-electron chi connectivity index (χ0n) is 7.34. The Morgan fingerprint density at radius 3 is 2.67 bits per heavy atom. The molecule has 3 heteroatoms. The maximum absolute atomic E-state index is 6.30. The summed E-state index contributed by atoms with van der Waals surface area (Å²) in [5.74, 6) is 0. The fourth-order valence-corrected chi connectivity index (χ4v) is 2.99. The van der Waals surface area contributed by atoms with Gasteiger partial charge in [-0.1, -0.05) is 12.8 Å². The molecule has 0 radical (unpaired) electrons. The summed E-state index contributed by atoms with van der Waals surface area (Å²) in [5.41, 5.74) is 9.29. The van der Waals surface area contributed by atoms with Crippen LogP contribution in [0.15, 0.2) is 5.51 Å². The standard InChI is InChI=1S/C9H14N2S/c1-7-8(12-6-11-7)9(10)4-2-3-5-9/h6H,2-5,10H2,1H3. The summed E-state index contributed by atoms with van der Waals surface area (Å²) in [5, 5.41) is 0. The Balaban J connectivity index is 2.34. The van der Waals surface area contributed by atoms with Gasteiger partial charge >= 0.3 is 0 Å². The molecule has 0 atom stereocenters. The van der Waals surface area contributed by atoms with Crippen molar-refractivity contribution in [1.29, 1.82) is 0 Å². The highest BCUT2D eigenvalue weighted by atomic mass is 32.1. The number of thiazole rings is 1. The summed E-state index contributed by atoms with van der Waals surface area (Å²) in [6.07, 6.45) is 4.81. The topological polar surface area (TPSA) is 38.9 Å². The first-order chi connectivity index (χ1) is 5.72. The van der Waals surface area contributed by atoms with E-state index in [1.807, 2.05) is 5.51 Å². The lowest BCUT2D eigenvalue weighted by Crippen LogP contribution is -2.32. The van der Waals surface area contributed by atoms with Crippen molar-refractivity contribution in [3.05, 3.63) is 16.1 Å². The van der Waals surface area contributed by atoms with Crippen molar-refractivity contribution in [2.24, 2.45) is 5.73 Å². The minimum Gasteiger partial charge on any atom is -0.321 e. The van der Waals surface area contributed by atoms with Gasteiger partial charge in [-0.15, -0.1) is 11.3 Å². The van der Waals surface area contributed by atoms with Crippen molar-refractivity contribution < 1.29 is 0 Å². The second-order valence-corrected chi connectivity index (χ2v) is 4.48. The van der Waals surface area contributed by atoms with Gasteiger partial charge in [0.2, 0.25) is 0 Å². The van der Waals surface area contributed by atoms with E-state index in [0.29, 0.717) is 0 Å². The zero-order chi connectivity index (χ0) is 8.60. The van der Waals surface area contributed by atoms with Gasteiger partial charge in [-0.2, -0.15) is 0 Å². The summed E-state index contributed by atoms with van der Waals surface area (Å²) in [6, 6.07) is 0. The first-order valence-electron chi connectivity index (χ1n) is 4.42. The molecule has 1 aliphatic carbocycles. The van der Waals surface area contributed by atoms with Gasteiger partial charge in [-0.05, 0) is 19.8 Å². The maximum atomic E-state index is 6.30. The third-order valence-electron chi connectivity index (χ3n) is 2.69. The van der Waals surface area contributed by atoms with Crippen LogP contribution in [0, 0.1) is 6.92 Å². The highest BCUT2D eigenvalue weighted by Gasteiger charge is 2.33. The van der Waals surface area contributed by atoms with E-state index in [2.05, 4.69) is 11.9 Å². The van der Waals surface area contributed by atoms with E-state index >= 15 is 0 Å². The molecule has 0 bridgehead atoms. The van der Waals surface area contributed by atoms with Crippen LogP contribution in [0.4, 0.5) is 0 Å². The SMILES string of the molecule is Cc1ncsc1C1(N)CCCC1. The van der Waals surface area contributed by atoms with E-state index in [1.165, 1.54) is 17.7 Å². The Labute approximate surface area is 76.8 Å². The third-order valence-corrected chi connectivity index (χ3v) is 3.84. The van der Waals surface area contributed by atoms with Gasteiger partial charge in [0.15, 0.2) is 0 Å². The van der Waals surface area contributed by atoms with Crippen LogP contribution >= 0.6 is 11.3 Å². The van der Waals surface area contributed by atoms with Crippen LogP contribution in [0.3, 0.4) is 0 Å². The van der Waals surface area contributed by atoms with Gasteiger partial charge in [-0.25, -0.2) is 4.98 Å². The van der Waals surface area contributed by atoms with Crippen LogP contribution in [-0.2, 0) is 5.54 Å².